The average Bonchev–Trinajstić information content (AvgIpc) is 1.87. The zero-order valence-corrected chi connectivity index (χ0v) is 7.90. The zero-order chi connectivity index (χ0) is 8.69. The van der Waals surface area contributed by atoms with Crippen LogP contribution >= 0.6 is 16.5 Å². The fourth-order valence-corrected chi connectivity index (χ4v) is 1.04. The molecule has 0 bridgehead atoms. The Kier molecular flexibility index (Phi) is 7.17. The van der Waals surface area contributed by atoms with Crippen molar-refractivity contribution in [1.29, 1.82) is 0 Å². The molecule has 11 heavy (non-hydrogen) atoms. The molecular formula is C3H10O6P2. The highest BCUT2D eigenvalue weighted by molar-refractivity contribution is 7.33. The summed E-state index contributed by atoms with van der Waals surface area (Å²) in [6, 6.07) is 0. The van der Waals surface area contributed by atoms with Gasteiger partial charge in [0, 0.05) is 0 Å². The van der Waals surface area contributed by atoms with Gasteiger partial charge in [0.25, 0.3) is 0 Å². The Bertz CT molecular complexity index is 147. The second kappa shape index (κ2) is 6.98. The molecule has 0 aliphatic heterocycles. The molecular weight excluding hydrogens is 194 g/mol. The second-order valence-corrected chi connectivity index (χ2v) is 3.25. The standard InChI is InChI=1S/C3H10O6P2/c1-2-7-11(6)9-3-8-10(4)5/h10-11H,2-3H2,1H3,(H,4,5). The normalized spacial score (nSPS) is 16.2. The fourth-order valence-electron chi connectivity index (χ4n) is 0.288. The van der Waals surface area contributed by atoms with E-state index in [2.05, 4.69) is 13.6 Å². The highest BCUT2D eigenvalue weighted by Gasteiger charge is 1.98. The Morgan fingerprint density at radius 1 is 1.27 bits per heavy atom. The van der Waals surface area contributed by atoms with Crippen LogP contribution in [0.25, 0.3) is 0 Å². The molecule has 68 valence electrons. The van der Waals surface area contributed by atoms with Gasteiger partial charge in [0.2, 0.25) is 0 Å². The summed E-state index contributed by atoms with van der Waals surface area (Å²) in [5, 5.41) is 0. The molecule has 0 radical (unpaired) electrons. The van der Waals surface area contributed by atoms with Crippen molar-refractivity contribution >= 4 is 16.5 Å². The van der Waals surface area contributed by atoms with Gasteiger partial charge in [-0.2, -0.15) is 0 Å². The van der Waals surface area contributed by atoms with Crippen molar-refractivity contribution in [3.8, 4) is 0 Å². The van der Waals surface area contributed by atoms with Gasteiger partial charge in [0.05, 0.1) is 6.61 Å². The van der Waals surface area contributed by atoms with Gasteiger partial charge in [-0.3, -0.25) is 18.2 Å². The minimum atomic E-state index is -3.00. The average molecular weight is 204 g/mol. The predicted molar refractivity (Wildman–Crippen MR) is 38.9 cm³/mol. The number of hydrogen-bond donors (Lipinski definition) is 1. The van der Waals surface area contributed by atoms with Crippen LogP contribution in [0.15, 0.2) is 0 Å². The minimum Gasteiger partial charge on any atom is -0.326 e. The lowest BCUT2D eigenvalue weighted by molar-refractivity contribution is 0.102. The van der Waals surface area contributed by atoms with Crippen LogP contribution in [-0.4, -0.2) is 18.3 Å². The Morgan fingerprint density at radius 3 is 2.36 bits per heavy atom. The quantitative estimate of drug-likeness (QED) is 0.508. The van der Waals surface area contributed by atoms with Crippen molar-refractivity contribution in [3.63, 3.8) is 0 Å². The summed E-state index contributed by atoms with van der Waals surface area (Å²) in [5.74, 6) is 0. The molecule has 0 spiro atoms. The predicted octanol–water partition coefficient (Wildman–Crippen LogP) is 0.785. The van der Waals surface area contributed by atoms with Gasteiger partial charge >= 0.3 is 16.5 Å². The first-order valence-electron chi connectivity index (χ1n) is 2.82. The molecule has 8 heteroatoms. The van der Waals surface area contributed by atoms with Crippen molar-refractivity contribution in [3.05, 3.63) is 0 Å². The van der Waals surface area contributed by atoms with Gasteiger partial charge in [0.1, 0.15) is 0 Å². The molecule has 0 heterocycles. The van der Waals surface area contributed by atoms with Gasteiger partial charge in [-0.15, -0.1) is 0 Å². The van der Waals surface area contributed by atoms with Crippen LogP contribution in [0.5, 0.6) is 0 Å². The first-order chi connectivity index (χ1) is 5.16. The maximum Gasteiger partial charge on any atom is 0.321 e. The molecule has 0 saturated carbocycles. The molecule has 0 aromatic heterocycles. The summed E-state index contributed by atoms with van der Waals surface area (Å²) in [6.07, 6.45) is 0. The highest BCUT2D eigenvalue weighted by atomic mass is 31.1. The maximum atomic E-state index is 10.5. The van der Waals surface area contributed by atoms with E-state index in [0.717, 1.165) is 0 Å². The lowest BCUT2D eigenvalue weighted by Crippen LogP contribution is -1.88. The summed E-state index contributed by atoms with van der Waals surface area (Å²) in [6.45, 7) is 1.44. The molecule has 0 aliphatic carbocycles. The van der Waals surface area contributed by atoms with E-state index in [9.17, 15) is 9.13 Å². The molecule has 0 rings (SSSR count). The minimum absolute atomic E-state index is 0.270. The van der Waals surface area contributed by atoms with Gasteiger partial charge in [0.15, 0.2) is 6.79 Å². The van der Waals surface area contributed by atoms with Crippen LogP contribution in [0.4, 0.5) is 0 Å². The largest absolute Gasteiger partial charge is 0.326 e. The highest BCUT2D eigenvalue weighted by Crippen LogP contribution is 2.25. The Labute approximate surface area is 65.4 Å². The van der Waals surface area contributed by atoms with E-state index in [1.165, 1.54) is 0 Å². The van der Waals surface area contributed by atoms with Crippen LogP contribution in [0.3, 0.4) is 0 Å². The van der Waals surface area contributed by atoms with E-state index in [1.807, 2.05) is 0 Å². The van der Waals surface area contributed by atoms with Gasteiger partial charge in [-0.25, -0.2) is 0 Å². The summed E-state index contributed by atoms with van der Waals surface area (Å²) in [5.41, 5.74) is 0. The van der Waals surface area contributed by atoms with Crippen molar-refractivity contribution in [2.75, 3.05) is 13.4 Å². The number of rotatable bonds is 6. The Hall–Kier alpha value is 0.300. The van der Waals surface area contributed by atoms with Crippen molar-refractivity contribution in [2.24, 2.45) is 0 Å². The van der Waals surface area contributed by atoms with Crippen LogP contribution in [0.1, 0.15) is 6.92 Å². The first kappa shape index (κ1) is 11.3. The Balaban J connectivity index is 3.24. The Morgan fingerprint density at radius 2 is 1.91 bits per heavy atom. The van der Waals surface area contributed by atoms with E-state index >= 15 is 0 Å². The van der Waals surface area contributed by atoms with E-state index < -0.39 is 23.3 Å². The van der Waals surface area contributed by atoms with Crippen molar-refractivity contribution in [2.45, 2.75) is 6.92 Å². The van der Waals surface area contributed by atoms with Gasteiger partial charge in [-0.1, -0.05) is 0 Å². The molecule has 2 atom stereocenters. The van der Waals surface area contributed by atoms with Crippen LogP contribution in [-0.2, 0) is 22.7 Å². The summed E-state index contributed by atoms with van der Waals surface area (Å²) >= 11 is 0. The third-order valence-electron chi connectivity index (χ3n) is 0.621. The molecule has 6 nitrogen and oxygen atoms in total. The first-order valence-corrected chi connectivity index (χ1v) is 5.31. The summed E-state index contributed by atoms with van der Waals surface area (Å²) in [7, 11) is -5.54. The molecule has 0 aromatic carbocycles. The topological polar surface area (TPSA) is 82.1 Å². The van der Waals surface area contributed by atoms with E-state index in [4.69, 9.17) is 4.89 Å². The second-order valence-electron chi connectivity index (χ2n) is 1.36. The molecule has 0 aromatic rings. The molecule has 0 fully saturated rings. The van der Waals surface area contributed by atoms with E-state index in [1.54, 1.807) is 6.92 Å². The summed E-state index contributed by atoms with van der Waals surface area (Å²) in [4.78, 5) is 8.11. The van der Waals surface area contributed by atoms with E-state index in [0.29, 0.717) is 0 Å². The van der Waals surface area contributed by atoms with Crippen LogP contribution in [0, 0.1) is 0 Å². The zero-order valence-electron chi connectivity index (χ0n) is 5.90. The monoisotopic (exact) mass is 204 g/mol. The van der Waals surface area contributed by atoms with Gasteiger partial charge < -0.3 is 9.42 Å². The van der Waals surface area contributed by atoms with Crippen LogP contribution < -0.4 is 0 Å². The van der Waals surface area contributed by atoms with Crippen molar-refractivity contribution in [1.82, 2.24) is 0 Å². The fraction of sp³-hybridized carbons (Fsp3) is 1.00. The SMILES string of the molecule is CCO[PH](=O)OCO[PH](=O)O. The molecule has 0 aliphatic rings. The van der Waals surface area contributed by atoms with E-state index in [-0.39, 0.29) is 6.61 Å². The number of hydrogen-bond acceptors (Lipinski definition) is 5. The maximum absolute atomic E-state index is 10.5. The lowest BCUT2D eigenvalue weighted by atomic mass is 10.9. The molecule has 1 N–H and O–H groups in total. The third kappa shape index (κ3) is 8.20. The molecule has 0 amide bonds. The molecule has 2 unspecified atom stereocenters. The third-order valence-corrected chi connectivity index (χ3v) is 1.86. The van der Waals surface area contributed by atoms with Crippen LogP contribution in [0.2, 0.25) is 0 Å². The smallest absolute Gasteiger partial charge is 0.321 e. The van der Waals surface area contributed by atoms with Gasteiger partial charge in [-0.05, 0) is 6.92 Å². The summed E-state index contributed by atoms with van der Waals surface area (Å²) < 4.78 is 33.3. The molecule has 0 saturated heterocycles. The van der Waals surface area contributed by atoms with Crippen molar-refractivity contribution < 1.29 is 27.6 Å². The lowest BCUT2D eigenvalue weighted by Gasteiger charge is -2.01.